The quantitative estimate of drug-likeness (QED) is 0.832. The average Bonchev–Trinajstić information content (AvgIpc) is 2.78. The van der Waals surface area contributed by atoms with Gasteiger partial charge < -0.3 is 14.8 Å². The number of carbonyl (C=O) groups excluding carboxylic acids is 1. The van der Waals surface area contributed by atoms with E-state index in [1.54, 1.807) is 0 Å². The van der Waals surface area contributed by atoms with E-state index in [9.17, 15) is 4.79 Å². The lowest BCUT2D eigenvalue weighted by Gasteiger charge is -2.12. The number of benzene rings is 1. The molecule has 0 aromatic heterocycles. The Balaban J connectivity index is 0.00000144. The van der Waals surface area contributed by atoms with Crippen LogP contribution in [0.1, 0.15) is 6.42 Å². The van der Waals surface area contributed by atoms with E-state index >= 15 is 0 Å². The summed E-state index contributed by atoms with van der Waals surface area (Å²) in [6.45, 7) is 0.675. The predicted octanol–water partition coefficient (Wildman–Crippen LogP) is 1.39. The van der Waals surface area contributed by atoms with Crippen molar-refractivity contribution in [2.45, 2.75) is 18.6 Å². The third kappa shape index (κ3) is 3.61. The van der Waals surface area contributed by atoms with E-state index in [0.717, 1.165) is 5.75 Å². The number of rotatable bonds is 3. The minimum absolute atomic E-state index is 0. The minimum Gasteiger partial charge on any atom is -0.489 e. The number of ether oxygens (including phenoxy) is 2. The molecule has 1 aromatic rings. The molecule has 2 unspecified atom stereocenters. The fourth-order valence-corrected chi connectivity index (χ4v) is 1.81. The van der Waals surface area contributed by atoms with Gasteiger partial charge in [-0.25, -0.2) is 0 Å². The zero-order valence-corrected chi connectivity index (χ0v) is 10.4. The third-order valence-corrected chi connectivity index (χ3v) is 2.62. The van der Waals surface area contributed by atoms with E-state index in [1.807, 2.05) is 30.3 Å². The van der Waals surface area contributed by atoms with Crippen LogP contribution in [0.15, 0.2) is 30.3 Å². The molecule has 1 fully saturated rings. The number of hydrogen-bond donors (Lipinski definition) is 1. The Kier molecular flexibility index (Phi) is 5.25. The highest BCUT2D eigenvalue weighted by Gasteiger charge is 2.31. The molecule has 1 N–H and O–H groups in total. The van der Waals surface area contributed by atoms with Crippen LogP contribution < -0.4 is 10.1 Å². The Labute approximate surface area is 107 Å². The van der Waals surface area contributed by atoms with E-state index in [-0.39, 0.29) is 30.5 Å². The second-order valence-corrected chi connectivity index (χ2v) is 3.77. The summed E-state index contributed by atoms with van der Waals surface area (Å²) in [6.07, 6.45) is 0.688. The molecule has 2 rings (SSSR count). The van der Waals surface area contributed by atoms with Gasteiger partial charge in [-0.05, 0) is 12.1 Å². The molecule has 94 valence electrons. The van der Waals surface area contributed by atoms with Crippen molar-refractivity contribution in [3.05, 3.63) is 30.3 Å². The smallest absolute Gasteiger partial charge is 0.323 e. The van der Waals surface area contributed by atoms with Crippen molar-refractivity contribution in [1.82, 2.24) is 5.32 Å². The molecule has 1 saturated heterocycles. The van der Waals surface area contributed by atoms with Crippen LogP contribution in [0.2, 0.25) is 0 Å². The van der Waals surface area contributed by atoms with Gasteiger partial charge in [0.25, 0.3) is 0 Å². The minimum atomic E-state index is -0.237. The summed E-state index contributed by atoms with van der Waals surface area (Å²) in [4.78, 5) is 11.3. The molecular weight excluding hydrogens is 242 g/mol. The van der Waals surface area contributed by atoms with E-state index in [2.05, 4.69) is 10.1 Å². The van der Waals surface area contributed by atoms with Crippen molar-refractivity contribution in [3.8, 4) is 5.75 Å². The van der Waals surface area contributed by atoms with Gasteiger partial charge in [-0.3, -0.25) is 4.79 Å². The topological polar surface area (TPSA) is 47.6 Å². The van der Waals surface area contributed by atoms with Crippen LogP contribution in [-0.4, -0.2) is 31.8 Å². The summed E-state index contributed by atoms with van der Waals surface area (Å²) in [5.41, 5.74) is 0. The van der Waals surface area contributed by atoms with Crippen LogP contribution in [0.4, 0.5) is 0 Å². The van der Waals surface area contributed by atoms with Gasteiger partial charge in [-0.15, -0.1) is 12.4 Å². The Hall–Kier alpha value is -1.26. The monoisotopic (exact) mass is 257 g/mol. The average molecular weight is 258 g/mol. The molecule has 17 heavy (non-hydrogen) atoms. The number of methoxy groups -OCH3 is 1. The lowest BCUT2D eigenvalue weighted by atomic mass is 10.2. The number of hydrogen-bond acceptors (Lipinski definition) is 4. The summed E-state index contributed by atoms with van der Waals surface area (Å²) < 4.78 is 10.4. The maximum atomic E-state index is 11.3. The molecule has 0 spiro atoms. The van der Waals surface area contributed by atoms with Gasteiger partial charge in [0.2, 0.25) is 0 Å². The van der Waals surface area contributed by atoms with Gasteiger partial charge in [-0.2, -0.15) is 0 Å². The Morgan fingerprint density at radius 1 is 1.35 bits per heavy atom. The summed E-state index contributed by atoms with van der Waals surface area (Å²) in [5, 5.41) is 3.08. The molecule has 0 amide bonds. The van der Waals surface area contributed by atoms with E-state index in [1.165, 1.54) is 7.11 Å². The zero-order valence-electron chi connectivity index (χ0n) is 9.59. The highest BCUT2D eigenvalue weighted by molar-refractivity contribution is 5.85. The number of esters is 1. The van der Waals surface area contributed by atoms with Gasteiger partial charge in [0.15, 0.2) is 0 Å². The normalized spacial score (nSPS) is 22.6. The highest BCUT2D eigenvalue weighted by Crippen LogP contribution is 2.17. The fourth-order valence-electron chi connectivity index (χ4n) is 1.81. The maximum absolute atomic E-state index is 11.3. The highest BCUT2D eigenvalue weighted by atomic mass is 35.5. The molecular formula is C12H16ClNO3. The molecule has 1 aliphatic rings. The molecule has 0 aliphatic carbocycles. The fraction of sp³-hybridized carbons (Fsp3) is 0.417. The van der Waals surface area contributed by atoms with Crippen LogP contribution in [0, 0.1) is 0 Å². The molecule has 1 aromatic carbocycles. The van der Waals surface area contributed by atoms with Gasteiger partial charge in [0.1, 0.15) is 17.9 Å². The Bertz CT molecular complexity index is 358. The van der Waals surface area contributed by atoms with Crippen LogP contribution >= 0.6 is 12.4 Å². The molecule has 5 heteroatoms. The first kappa shape index (κ1) is 13.8. The summed E-state index contributed by atoms with van der Waals surface area (Å²) in [7, 11) is 1.40. The van der Waals surface area contributed by atoms with Crippen molar-refractivity contribution in [1.29, 1.82) is 0 Å². The first-order valence-corrected chi connectivity index (χ1v) is 5.32. The lowest BCUT2D eigenvalue weighted by molar-refractivity contribution is -0.142. The largest absolute Gasteiger partial charge is 0.489 e. The zero-order chi connectivity index (χ0) is 11.4. The van der Waals surface area contributed by atoms with Crippen molar-refractivity contribution in [3.63, 3.8) is 0 Å². The predicted molar refractivity (Wildman–Crippen MR) is 66.5 cm³/mol. The van der Waals surface area contributed by atoms with Gasteiger partial charge in [0, 0.05) is 13.0 Å². The standard InChI is InChI=1S/C12H15NO3.ClH/c1-15-12(14)11-7-10(8-13-11)16-9-5-3-2-4-6-9;/h2-6,10-11,13H,7-8H2,1H3;1H. The Morgan fingerprint density at radius 3 is 2.71 bits per heavy atom. The summed E-state index contributed by atoms with van der Waals surface area (Å²) in [5.74, 6) is 0.610. The van der Waals surface area contributed by atoms with Crippen LogP contribution in [0.3, 0.4) is 0 Å². The van der Waals surface area contributed by atoms with Crippen molar-refractivity contribution >= 4 is 18.4 Å². The van der Waals surface area contributed by atoms with Crippen LogP contribution in [-0.2, 0) is 9.53 Å². The summed E-state index contributed by atoms with van der Waals surface area (Å²) >= 11 is 0. The SMILES string of the molecule is COC(=O)C1CC(Oc2ccccc2)CN1.Cl. The molecule has 4 nitrogen and oxygen atoms in total. The second-order valence-electron chi connectivity index (χ2n) is 3.77. The van der Waals surface area contributed by atoms with Crippen LogP contribution in [0.5, 0.6) is 5.75 Å². The number of carbonyl (C=O) groups is 1. The third-order valence-electron chi connectivity index (χ3n) is 2.62. The molecule has 1 heterocycles. The number of halogens is 1. The van der Waals surface area contributed by atoms with Gasteiger partial charge in [-0.1, -0.05) is 18.2 Å². The van der Waals surface area contributed by atoms with Gasteiger partial charge in [0.05, 0.1) is 7.11 Å². The van der Waals surface area contributed by atoms with E-state index in [4.69, 9.17) is 4.74 Å². The van der Waals surface area contributed by atoms with Crippen LogP contribution in [0.25, 0.3) is 0 Å². The molecule has 0 saturated carbocycles. The first-order valence-electron chi connectivity index (χ1n) is 5.32. The van der Waals surface area contributed by atoms with E-state index < -0.39 is 0 Å². The molecule has 2 atom stereocenters. The van der Waals surface area contributed by atoms with Crippen molar-refractivity contribution in [2.24, 2.45) is 0 Å². The lowest BCUT2D eigenvalue weighted by Crippen LogP contribution is -2.31. The van der Waals surface area contributed by atoms with Crippen molar-refractivity contribution in [2.75, 3.05) is 13.7 Å². The van der Waals surface area contributed by atoms with E-state index in [0.29, 0.717) is 13.0 Å². The first-order chi connectivity index (χ1) is 7.79. The summed E-state index contributed by atoms with van der Waals surface area (Å²) in [6, 6.07) is 9.37. The van der Waals surface area contributed by atoms with Crippen molar-refractivity contribution < 1.29 is 14.3 Å². The molecule has 0 radical (unpaired) electrons. The molecule has 1 aliphatic heterocycles. The second kappa shape index (κ2) is 6.47. The maximum Gasteiger partial charge on any atom is 0.323 e. The number of nitrogens with one attached hydrogen (secondary N) is 1. The van der Waals surface area contributed by atoms with Gasteiger partial charge >= 0.3 is 5.97 Å². The number of para-hydroxylation sites is 1. The Morgan fingerprint density at radius 2 is 2.06 bits per heavy atom. The molecule has 0 bridgehead atoms.